The maximum absolute atomic E-state index is 5.34. The van der Waals surface area contributed by atoms with E-state index in [0.29, 0.717) is 0 Å². The molecule has 0 atom stereocenters. The van der Waals surface area contributed by atoms with E-state index in [-0.39, 0.29) is 22.4 Å². The third-order valence-electron chi connectivity index (χ3n) is 2.02. The Morgan fingerprint density at radius 3 is 1.25 bits per heavy atom. The number of aromatic nitrogens is 6. The molecular weight excluding hydrogens is 359 g/mol. The van der Waals surface area contributed by atoms with Gasteiger partial charge in [-0.3, -0.25) is 0 Å². The summed E-state index contributed by atoms with van der Waals surface area (Å²) in [6.07, 6.45) is 9.51. The molecule has 9 nitrogen and oxygen atoms in total. The van der Waals surface area contributed by atoms with Gasteiger partial charge in [0.15, 0.2) is 0 Å². The molecule has 3 aromatic heterocycles. The van der Waals surface area contributed by atoms with Gasteiger partial charge < -0.3 is 14.3 Å². The van der Waals surface area contributed by atoms with Crippen LogP contribution in [0.15, 0.2) is 55.4 Å². The SMILES string of the molecule is [Ag].c1cnn(OB(On2cccn2)On2cccn2)c1. The molecule has 0 saturated heterocycles. The smallest absolute Gasteiger partial charge is 0.380 e. The molecule has 0 aromatic carbocycles. The van der Waals surface area contributed by atoms with Gasteiger partial charge in [0, 0.05) is 22.4 Å². The van der Waals surface area contributed by atoms with E-state index in [1.807, 2.05) is 0 Å². The van der Waals surface area contributed by atoms with Gasteiger partial charge in [0.25, 0.3) is 0 Å². The molecule has 20 heavy (non-hydrogen) atoms. The molecule has 1 radical (unpaired) electrons. The second-order valence-corrected chi connectivity index (χ2v) is 3.33. The molecule has 0 amide bonds. The van der Waals surface area contributed by atoms with Crippen LogP contribution in [0.3, 0.4) is 0 Å². The molecule has 3 heterocycles. The van der Waals surface area contributed by atoms with Crippen LogP contribution in [0.5, 0.6) is 0 Å². The van der Waals surface area contributed by atoms with E-state index in [4.69, 9.17) is 14.3 Å². The van der Waals surface area contributed by atoms with Gasteiger partial charge in [-0.2, -0.15) is 0 Å². The second kappa shape index (κ2) is 6.84. The van der Waals surface area contributed by atoms with Crippen molar-refractivity contribution < 1.29 is 36.6 Å². The van der Waals surface area contributed by atoms with E-state index in [2.05, 4.69) is 15.3 Å². The first-order chi connectivity index (χ1) is 9.40. The van der Waals surface area contributed by atoms with Gasteiger partial charge in [-0.25, -0.2) is 0 Å². The van der Waals surface area contributed by atoms with E-state index in [1.54, 1.807) is 55.4 Å². The van der Waals surface area contributed by atoms with Crippen molar-refractivity contribution in [3.8, 4) is 0 Å². The van der Waals surface area contributed by atoms with Crippen molar-refractivity contribution in [2.45, 2.75) is 0 Å². The van der Waals surface area contributed by atoms with Crippen molar-refractivity contribution in [3.63, 3.8) is 0 Å². The Balaban J connectivity index is 0.00000147. The minimum Gasteiger partial charge on any atom is -0.380 e. The van der Waals surface area contributed by atoms with Gasteiger partial charge >= 0.3 is 7.32 Å². The van der Waals surface area contributed by atoms with Crippen LogP contribution in [0.25, 0.3) is 0 Å². The van der Waals surface area contributed by atoms with Crippen LogP contribution in [0.2, 0.25) is 0 Å². The number of hydrogen-bond donors (Lipinski definition) is 0. The van der Waals surface area contributed by atoms with Crippen LogP contribution in [0.1, 0.15) is 0 Å². The van der Waals surface area contributed by atoms with Crippen LogP contribution >= 0.6 is 0 Å². The van der Waals surface area contributed by atoms with Crippen LogP contribution in [0, 0.1) is 0 Å². The molecule has 107 valence electrons. The minimum absolute atomic E-state index is 0. The van der Waals surface area contributed by atoms with Crippen LogP contribution < -0.4 is 14.3 Å². The molecule has 0 aliphatic carbocycles. The summed E-state index contributed by atoms with van der Waals surface area (Å²) in [5.41, 5.74) is 0. The van der Waals surface area contributed by atoms with Crippen molar-refractivity contribution in [1.29, 1.82) is 0 Å². The van der Waals surface area contributed by atoms with Gasteiger partial charge in [-0.05, 0) is 18.2 Å². The Morgan fingerprint density at radius 2 is 1.00 bits per heavy atom. The minimum atomic E-state index is -1.11. The zero-order valence-electron chi connectivity index (χ0n) is 9.98. The third-order valence-corrected chi connectivity index (χ3v) is 2.02. The quantitative estimate of drug-likeness (QED) is 0.517. The molecule has 0 unspecified atom stereocenters. The second-order valence-electron chi connectivity index (χ2n) is 3.33. The summed E-state index contributed by atoms with van der Waals surface area (Å²) in [7, 11) is -1.11. The Labute approximate surface area is 129 Å². The molecule has 0 aliphatic heterocycles. The Kier molecular flexibility index (Phi) is 4.88. The van der Waals surface area contributed by atoms with Crippen molar-refractivity contribution in [2.75, 3.05) is 0 Å². The first kappa shape index (κ1) is 14.2. The summed E-state index contributed by atoms with van der Waals surface area (Å²) in [5, 5.41) is 11.7. The first-order valence-electron chi connectivity index (χ1n) is 5.40. The molecule has 0 spiro atoms. The fourth-order valence-corrected chi connectivity index (χ4v) is 1.27. The van der Waals surface area contributed by atoms with Gasteiger partial charge in [-0.1, -0.05) is 0 Å². The molecule has 0 saturated carbocycles. The van der Waals surface area contributed by atoms with Crippen LogP contribution in [0.4, 0.5) is 0 Å². The predicted octanol–water partition coefficient (Wildman–Crippen LogP) is -1.06. The average molecular weight is 368 g/mol. The summed E-state index contributed by atoms with van der Waals surface area (Å²) in [5.74, 6) is 0. The normalized spacial score (nSPS) is 9.60. The summed E-state index contributed by atoms with van der Waals surface area (Å²) >= 11 is 0. The van der Waals surface area contributed by atoms with Gasteiger partial charge in [0.05, 0.1) is 37.2 Å². The molecule has 11 heteroatoms. The monoisotopic (exact) mass is 367 g/mol. The maximum atomic E-state index is 5.34. The van der Waals surface area contributed by atoms with Gasteiger partial charge in [0.2, 0.25) is 0 Å². The fourth-order valence-electron chi connectivity index (χ4n) is 1.27. The molecule has 0 aliphatic rings. The predicted molar refractivity (Wildman–Crippen MR) is 62.2 cm³/mol. The Bertz CT molecular complexity index is 501. The van der Waals surface area contributed by atoms with Crippen molar-refractivity contribution in [1.82, 2.24) is 29.8 Å². The first-order valence-corrected chi connectivity index (χ1v) is 5.40. The summed E-state index contributed by atoms with van der Waals surface area (Å²) in [6, 6.07) is 5.12. The fraction of sp³-hybridized carbons (Fsp3) is 0. The van der Waals surface area contributed by atoms with E-state index in [9.17, 15) is 0 Å². The van der Waals surface area contributed by atoms with E-state index >= 15 is 0 Å². The third kappa shape index (κ3) is 3.67. The molecule has 0 N–H and O–H groups in total. The Morgan fingerprint density at radius 1 is 0.650 bits per heavy atom. The average Bonchev–Trinajstić information content (AvgIpc) is 3.10. The van der Waals surface area contributed by atoms with Gasteiger partial charge in [-0.15, -0.1) is 29.8 Å². The maximum Gasteiger partial charge on any atom is 0.929 e. The zero-order chi connectivity index (χ0) is 12.9. The summed E-state index contributed by atoms with van der Waals surface area (Å²) in [4.78, 5) is 3.62. The molecule has 0 bridgehead atoms. The largest absolute Gasteiger partial charge is 0.929 e. The van der Waals surface area contributed by atoms with Crippen LogP contribution in [-0.4, -0.2) is 37.2 Å². The van der Waals surface area contributed by atoms with Crippen LogP contribution in [-0.2, 0) is 22.4 Å². The standard InChI is InChI=1S/C9H9BN6O3.Ag/c1-4-11-14(7-1)17-10(18-15-8-2-5-12-15)19-16-9-3-6-13-16;/h1-9H;. The Hall–Kier alpha value is -2.16. The topological polar surface area (TPSA) is 81.1 Å². The zero-order valence-corrected chi connectivity index (χ0v) is 11.5. The van der Waals surface area contributed by atoms with E-state index in [1.165, 1.54) is 14.5 Å². The molecular formula is C9H9AgBN6O3. The number of nitrogens with zero attached hydrogens (tertiary/aromatic N) is 6. The van der Waals surface area contributed by atoms with Crippen molar-refractivity contribution in [3.05, 3.63) is 55.4 Å². The van der Waals surface area contributed by atoms with Gasteiger partial charge in [0.1, 0.15) is 0 Å². The summed E-state index contributed by atoms with van der Waals surface area (Å²) in [6.45, 7) is 0. The number of hydrogen-bond acceptors (Lipinski definition) is 6. The summed E-state index contributed by atoms with van der Waals surface area (Å²) < 4.78 is 16.0. The van der Waals surface area contributed by atoms with E-state index < -0.39 is 7.32 Å². The molecule has 3 rings (SSSR count). The molecule has 3 aromatic rings. The molecule has 0 fully saturated rings. The van der Waals surface area contributed by atoms with E-state index in [0.717, 1.165) is 0 Å². The van der Waals surface area contributed by atoms with Crippen molar-refractivity contribution in [2.24, 2.45) is 0 Å². The number of rotatable bonds is 6. The van der Waals surface area contributed by atoms with Crippen molar-refractivity contribution >= 4 is 7.32 Å².